The van der Waals surface area contributed by atoms with Crippen molar-refractivity contribution in [2.24, 2.45) is 5.73 Å². The zero-order valence-electron chi connectivity index (χ0n) is 11.2. The lowest BCUT2D eigenvalue weighted by molar-refractivity contribution is -0.384. The summed E-state index contributed by atoms with van der Waals surface area (Å²) in [6.45, 7) is 0. The minimum Gasteiger partial charge on any atom is -0.376 e. The van der Waals surface area contributed by atoms with Crippen LogP contribution in [0.15, 0.2) is 18.2 Å². The summed E-state index contributed by atoms with van der Waals surface area (Å²) in [5.74, 6) is -0.587. The van der Waals surface area contributed by atoms with Crippen molar-refractivity contribution in [3.8, 4) is 0 Å². The van der Waals surface area contributed by atoms with Crippen LogP contribution in [0.25, 0.3) is 0 Å². The first-order valence-corrected chi connectivity index (χ1v) is 7.69. The quantitative estimate of drug-likeness (QED) is 0.642. The fraction of sp³-hybridized carbons (Fsp3) is 0.462. The van der Waals surface area contributed by atoms with Crippen molar-refractivity contribution >= 4 is 29.0 Å². The summed E-state index contributed by atoms with van der Waals surface area (Å²) < 4.78 is 0. The van der Waals surface area contributed by atoms with Gasteiger partial charge in [-0.1, -0.05) is 6.42 Å². The van der Waals surface area contributed by atoms with Gasteiger partial charge in [0.15, 0.2) is 0 Å². The van der Waals surface area contributed by atoms with Gasteiger partial charge in [-0.25, -0.2) is 0 Å². The molecule has 7 heteroatoms. The summed E-state index contributed by atoms with van der Waals surface area (Å²) in [5, 5.41) is 14.7. The molecule has 0 aromatic heterocycles. The minimum atomic E-state index is -0.587. The van der Waals surface area contributed by atoms with Gasteiger partial charge in [-0.2, -0.15) is 11.8 Å². The monoisotopic (exact) mass is 295 g/mol. The molecule has 1 aromatic carbocycles. The Morgan fingerprint density at radius 2 is 2.25 bits per heavy atom. The molecule has 20 heavy (non-hydrogen) atoms. The number of nitro benzene ring substituents is 1. The van der Waals surface area contributed by atoms with Crippen LogP contribution in [0.5, 0.6) is 0 Å². The Bertz CT molecular complexity index is 536. The molecule has 1 fully saturated rings. The molecular formula is C13H17N3O3S. The number of hydrogen-bond donors (Lipinski definition) is 2. The molecule has 2 atom stereocenters. The first-order chi connectivity index (χ1) is 9.52. The van der Waals surface area contributed by atoms with Crippen molar-refractivity contribution in [3.63, 3.8) is 0 Å². The molecule has 0 aliphatic heterocycles. The number of nitrogens with one attached hydrogen (secondary N) is 1. The molecule has 6 nitrogen and oxygen atoms in total. The zero-order chi connectivity index (χ0) is 14.7. The normalized spacial score (nSPS) is 21.6. The van der Waals surface area contributed by atoms with Gasteiger partial charge >= 0.3 is 0 Å². The molecule has 0 radical (unpaired) electrons. The lowest BCUT2D eigenvalue weighted by atomic mass is 10.1. The van der Waals surface area contributed by atoms with Crippen LogP contribution in [0.3, 0.4) is 0 Å². The van der Waals surface area contributed by atoms with E-state index in [4.69, 9.17) is 5.73 Å². The van der Waals surface area contributed by atoms with E-state index in [0.29, 0.717) is 10.9 Å². The summed E-state index contributed by atoms with van der Waals surface area (Å²) in [7, 11) is 0. The van der Waals surface area contributed by atoms with Gasteiger partial charge in [0.2, 0.25) is 5.91 Å². The van der Waals surface area contributed by atoms with Crippen LogP contribution < -0.4 is 11.1 Å². The number of hydrogen-bond acceptors (Lipinski definition) is 5. The molecule has 1 aliphatic carbocycles. The largest absolute Gasteiger partial charge is 0.376 e. The minimum absolute atomic E-state index is 0.0262. The fourth-order valence-electron chi connectivity index (χ4n) is 2.54. The highest BCUT2D eigenvalue weighted by molar-refractivity contribution is 7.99. The van der Waals surface area contributed by atoms with Crippen LogP contribution in [-0.2, 0) is 0 Å². The van der Waals surface area contributed by atoms with Crippen molar-refractivity contribution in [3.05, 3.63) is 33.9 Å². The molecule has 1 aliphatic rings. The predicted octanol–water partition coefficient (Wildman–Crippen LogP) is 2.39. The average Bonchev–Trinajstić information content (AvgIpc) is 2.85. The van der Waals surface area contributed by atoms with Crippen molar-refractivity contribution in [1.82, 2.24) is 0 Å². The molecule has 1 amide bonds. The van der Waals surface area contributed by atoms with E-state index in [0.717, 1.165) is 19.3 Å². The van der Waals surface area contributed by atoms with E-state index in [-0.39, 0.29) is 17.3 Å². The Kier molecular flexibility index (Phi) is 4.49. The number of carbonyl (C=O) groups excluding carboxylic acids is 1. The van der Waals surface area contributed by atoms with Crippen LogP contribution in [0, 0.1) is 10.1 Å². The molecule has 0 saturated heterocycles. The van der Waals surface area contributed by atoms with E-state index >= 15 is 0 Å². The Labute approximate surface area is 121 Å². The third-order valence-corrected chi connectivity index (χ3v) is 4.74. The van der Waals surface area contributed by atoms with E-state index in [1.54, 1.807) is 11.8 Å². The zero-order valence-corrected chi connectivity index (χ0v) is 12.0. The second-order valence-electron chi connectivity index (χ2n) is 4.81. The number of nitrogens with two attached hydrogens (primary N) is 1. The first kappa shape index (κ1) is 14.6. The van der Waals surface area contributed by atoms with Gasteiger partial charge < -0.3 is 11.1 Å². The topological polar surface area (TPSA) is 98.3 Å². The highest BCUT2D eigenvalue weighted by atomic mass is 32.2. The number of nitrogens with zero attached hydrogens (tertiary/aromatic N) is 1. The second kappa shape index (κ2) is 6.13. The number of nitro groups is 1. The lowest BCUT2D eigenvalue weighted by Gasteiger charge is -2.20. The number of carbonyl (C=O) groups is 1. The van der Waals surface area contributed by atoms with Gasteiger partial charge in [0, 0.05) is 22.9 Å². The maximum absolute atomic E-state index is 11.2. The van der Waals surface area contributed by atoms with Crippen molar-refractivity contribution in [1.29, 1.82) is 0 Å². The van der Waals surface area contributed by atoms with E-state index in [1.807, 2.05) is 6.26 Å². The third kappa shape index (κ3) is 3.04. The molecular weight excluding hydrogens is 278 g/mol. The summed E-state index contributed by atoms with van der Waals surface area (Å²) in [6, 6.07) is 4.36. The highest BCUT2D eigenvalue weighted by Crippen LogP contribution is 2.34. The van der Waals surface area contributed by atoms with Crippen LogP contribution in [-0.4, -0.2) is 28.4 Å². The predicted molar refractivity (Wildman–Crippen MR) is 80.2 cm³/mol. The van der Waals surface area contributed by atoms with E-state index in [1.165, 1.54) is 18.2 Å². The number of thioether (sulfide) groups is 1. The van der Waals surface area contributed by atoms with E-state index < -0.39 is 10.8 Å². The van der Waals surface area contributed by atoms with Gasteiger partial charge in [-0.05, 0) is 31.2 Å². The van der Waals surface area contributed by atoms with Gasteiger partial charge in [0.1, 0.15) is 5.69 Å². The number of anilines is 1. The van der Waals surface area contributed by atoms with Crippen molar-refractivity contribution in [2.75, 3.05) is 11.6 Å². The molecule has 0 bridgehead atoms. The summed E-state index contributed by atoms with van der Waals surface area (Å²) in [5.41, 5.74) is 5.85. The van der Waals surface area contributed by atoms with Crippen LogP contribution in [0.4, 0.5) is 11.4 Å². The van der Waals surface area contributed by atoms with Gasteiger partial charge in [-0.3, -0.25) is 14.9 Å². The number of rotatable bonds is 5. The smallest absolute Gasteiger partial charge is 0.292 e. The van der Waals surface area contributed by atoms with E-state index in [2.05, 4.69) is 5.32 Å². The SMILES string of the molecule is CSC1CCCC1Nc1cc(C(N)=O)ccc1[N+](=O)[O-]. The maximum atomic E-state index is 11.2. The van der Waals surface area contributed by atoms with Crippen molar-refractivity contribution < 1.29 is 9.72 Å². The van der Waals surface area contributed by atoms with Crippen LogP contribution in [0.2, 0.25) is 0 Å². The molecule has 108 valence electrons. The van der Waals surface area contributed by atoms with Gasteiger partial charge in [-0.15, -0.1) is 0 Å². The van der Waals surface area contributed by atoms with E-state index in [9.17, 15) is 14.9 Å². The second-order valence-corrected chi connectivity index (χ2v) is 5.89. The number of amides is 1. The summed E-state index contributed by atoms with van der Waals surface area (Å²) in [6.07, 6.45) is 5.22. The van der Waals surface area contributed by atoms with Gasteiger partial charge in [0.25, 0.3) is 5.69 Å². The highest BCUT2D eigenvalue weighted by Gasteiger charge is 2.28. The number of primary amides is 1. The van der Waals surface area contributed by atoms with Gasteiger partial charge in [0.05, 0.1) is 4.92 Å². The standard InChI is InChI=1S/C13H17N3O3S/c1-20-12-4-2-3-9(12)15-10-7-8(13(14)17)5-6-11(10)16(18)19/h5-7,9,12,15H,2-4H2,1H3,(H2,14,17). The maximum Gasteiger partial charge on any atom is 0.292 e. The average molecular weight is 295 g/mol. The van der Waals surface area contributed by atoms with Crippen molar-refractivity contribution in [2.45, 2.75) is 30.6 Å². The first-order valence-electron chi connectivity index (χ1n) is 6.40. The van der Waals surface area contributed by atoms with Crippen LogP contribution in [0.1, 0.15) is 29.6 Å². The molecule has 1 saturated carbocycles. The molecule has 3 N–H and O–H groups in total. The molecule has 0 heterocycles. The third-order valence-electron chi connectivity index (χ3n) is 3.57. The Morgan fingerprint density at radius 1 is 1.50 bits per heavy atom. The number of benzene rings is 1. The Morgan fingerprint density at radius 3 is 2.85 bits per heavy atom. The molecule has 0 spiro atoms. The summed E-state index contributed by atoms with van der Waals surface area (Å²) in [4.78, 5) is 21.8. The molecule has 1 aromatic rings. The van der Waals surface area contributed by atoms with Crippen LogP contribution >= 0.6 is 11.8 Å². The summed E-state index contributed by atoms with van der Waals surface area (Å²) >= 11 is 1.76. The lowest BCUT2D eigenvalue weighted by Crippen LogP contribution is -2.26. The fourth-order valence-corrected chi connectivity index (χ4v) is 3.47. The Balaban J connectivity index is 2.30. The Hall–Kier alpha value is -1.76. The molecule has 2 unspecified atom stereocenters. The molecule has 2 rings (SSSR count).